The molecule has 1 N–H and O–H groups in total. The molecule has 0 aliphatic heterocycles. The van der Waals surface area contributed by atoms with Gasteiger partial charge in [-0.15, -0.1) is 0 Å². The number of aryl methyl sites for hydroxylation is 1. The van der Waals surface area contributed by atoms with Gasteiger partial charge in [0.1, 0.15) is 0 Å². The molecule has 3 heteroatoms. The minimum Gasteiger partial charge on any atom is -0.390 e. The zero-order valence-electron chi connectivity index (χ0n) is 10.3. The highest BCUT2D eigenvalue weighted by Gasteiger charge is 2.12. The van der Waals surface area contributed by atoms with Crippen LogP contribution in [-0.4, -0.2) is 20.5 Å². The third-order valence-electron chi connectivity index (χ3n) is 2.69. The molecule has 0 radical (unpaired) electrons. The van der Waals surface area contributed by atoms with E-state index in [1.807, 2.05) is 49.1 Å². The molecule has 17 heavy (non-hydrogen) atoms. The lowest BCUT2D eigenvalue weighted by atomic mass is 10.1. The Morgan fingerprint density at radius 1 is 1.18 bits per heavy atom. The zero-order valence-corrected chi connectivity index (χ0v) is 10.3. The van der Waals surface area contributed by atoms with Gasteiger partial charge in [-0.05, 0) is 25.8 Å². The maximum atomic E-state index is 9.66. The van der Waals surface area contributed by atoms with Crippen molar-refractivity contribution in [3.63, 3.8) is 0 Å². The summed E-state index contributed by atoms with van der Waals surface area (Å²) in [5.74, 6) is 0. The Morgan fingerprint density at radius 3 is 2.53 bits per heavy atom. The average Bonchev–Trinajstić information content (AvgIpc) is 2.75. The Bertz CT molecular complexity index is 468. The highest BCUT2D eigenvalue weighted by molar-refractivity contribution is 5.61. The van der Waals surface area contributed by atoms with Crippen LogP contribution in [0.3, 0.4) is 0 Å². The molecule has 0 spiro atoms. The van der Waals surface area contributed by atoms with Gasteiger partial charge in [0, 0.05) is 18.3 Å². The lowest BCUT2D eigenvalue weighted by Gasteiger charge is -2.16. The molecule has 0 unspecified atom stereocenters. The number of hydrogen-bond acceptors (Lipinski definition) is 2. The van der Waals surface area contributed by atoms with Crippen molar-refractivity contribution < 1.29 is 5.11 Å². The van der Waals surface area contributed by atoms with Gasteiger partial charge < -0.3 is 5.11 Å². The van der Waals surface area contributed by atoms with E-state index in [1.165, 1.54) is 5.56 Å². The standard InChI is InChI=1S/C14H18N2O/c1-14(2,17)8-9-16-11-13(10-15-16)12-6-4-3-5-7-12/h3-7,10-11,17H,8-9H2,1-2H3. The van der Waals surface area contributed by atoms with Gasteiger partial charge in [0.15, 0.2) is 0 Å². The van der Waals surface area contributed by atoms with Crippen molar-refractivity contribution in [1.82, 2.24) is 9.78 Å². The van der Waals surface area contributed by atoms with Crippen LogP contribution in [0.15, 0.2) is 42.7 Å². The van der Waals surface area contributed by atoms with Gasteiger partial charge >= 0.3 is 0 Å². The second-order valence-electron chi connectivity index (χ2n) is 4.92. The quantitative estimate of drug-likeness (QED) is 0.877. The van der Waals surface area contributed by atoms with Crippen molar-refractivity contribution in [2.45, 2.75) is 32.4 Å². The Labute approximate surface area is 102 Å². The first kappa shape index (κ1) is 11.9. The van der Waals surface area contributed by atoms with Crippen LogP contribution in [-0.2, 0) is 6.54 Å². The lowest BCUT2D eigenvalue weighted by molar-refractivity contribution is 0.0651. The van der Waals surface area contributed by atoms with Crippen LogP contribution in [0, 0.1) is 0 Å². The molecule has 0 bridgehead atoms. The molecule has 0 saturated carbocycles. The van der Waals surface area contributed by atoms with Gasteiger partial charge in [0.2, 0.25) is 0 Å². The van der Waals surface area contributed by atoms with Crippen LogP contribution in [0.2, 0.25) is 0 Å². The van der Waals surface area contributed by atoms with Gasteiger partial charge in [-0.25, -0.2) is 0 Å². The second kappa shape index (κ2) is 4.72. The summed E-state index contributed by atoms with van der Waals surface area (Å²) in [6.45, 7) is 4.36. The van der Waals surface area contributed by atoms with E-state index in [9.17, 15) is 5.11 Å². The van der Waals surface area contributed by atoms with E-state index in [0.29, 0.717) is 6.42 Å². The molecular weight excluding hydrogens is 212 g/mol. The number of rotatable bonds is 4. The van der Waals surface area contributed by atoms with Crippen molar-refractivity contribution >= 4 is 0 Å². The summed E-state index contributed by atoms with van der Waals surface area (Å²) >= 11 is 0. The van der Waals surface area contributed by atoms with E-state index in [-0.39, 0.29) is 0 Å². The maximum Gasteiger partial charge on any atom is 0.0609 e. The number of nitrogens with zero attached hydrogens (tertiary/aromatic N) is 2. The average molecular weight is 230 g/mol. The first-order valence-electron chi connectivity index (χ1n) is 5.85. The Balaban J connectivity index is 2.07. The van der Waals surface area contributed by atoms with Gasteiger partial charge in [-0.3, -0.25) is 4.68 Å². The normalized spacial score (nSPS) is 11.7. The Kier molecular flexibility index (Phi) is 3.29. The van der Waals surface area contributed by atoms with Crippen LogP contribution < -0.4 is 0 Å². The number of aromatic nitrogens is 2. The van der Waals surface area contributed by atoms with Crippen molar-refractivity contribution in [1.29, 1.82) is 0 Å². The van der Waals surface area contributed by atoms with Crippen LogP contribution in [0.5, 0.6) is 0 Å². The highest BCUT2D eigenvalue weighted by atomic mass is 16.3. The second-order valence-corrected chi connectivity index (χ2v) is 4.92. The van der Waals surface area contributed by atoms with Gasteiger partial charge in [0.25, 0.3) is 0 Å². The van der Waals surface area contributed by atoms with Crippen LogP contribution in [0.25, 0.3) is 11.1 Å². The minimum atomic E-state index is -0.640. The molecule has 0 fully saturated rings. The zero-order chi connectivity index (χ0) is 12.3. The molecule has 1 aromatic carbocycles. The van der Waals surface area contributed by atoms with Crippen LogP contribution in [0.4, 0.5) is 0 Å². The monoisotopic (exact) mass is 230 g/mol. The van der Waals surface area contributed by atoms with E-state index < -0.39 is 5.60 Å². The van der Waals surface area contributed by atoms with E-state index in [4.69, 9.17) is 0 Å². The predicted octanol–water partition coefficient (Wildman–Crippen LogP) is 2.71. The summed E-state index contributed by atoms with van der Waals surface area (Å²) in [7, 11) is 0. The van der Waals surface area contributed by atoms with Crippen LogP contribution in [0.1, 0.15) is 20.3 Å². The maximum absolute atomic E-state index is 9.66. The molecule has 0 aliphatic carbocycles. The fourth-order valence-corrected chi connectivity index (χ4v) is 1.65. The molecule has 1 aromatic heterocycles. The fourth-order valence-electron chi connectivity index (χ4n) is 1.65. The molecule has 0 saturated heterocycles. The highest BCUT2D eigenvalue weighted by Crippen LogP contribution is 2.18. The minimum absolute atomic E-state index is 0.640. The number of aliphatic hydroxyl groups is 1. The first-order chi connectivity index (χ1) is 8.04. The number of hydrogen-bond donors (Lipinski definition) is 1. The smallest absolute Gasteiger partial charge is 0.0609 e. The Morgan fingerprint density at radius 2 is 1.88 bits per heavy atom. The van der Waals surface area contributed by atoms with Crippen molar-refractivity contribution in [3.05, 3.63) is 42.7 Å². The fraction of sp³-hybridized carbons (Fsp3) is 0.357. The number of benzene rings is 1. The third kappa shape index (κ3) is 3.43. The summed E-state index contributed by atoms with van der Waals surface area (Å²) in [6, 6.07) is 10.2. The van der Waals surface area contributed by atoms with E-state index in [2.05, 4.69) is 17.2 Å². The molecule has 0 atom stereocenters. The van der Waals surface area contributed by atoms with Crippen LogP contribution >= 0.6 is 0 Å². The van der Waals surface area contributed by atoms with E-state index >= 15 is 0 Å². The molecular formula is C14H18N2O. The third-order valence-corrected chi connectivity index (χ3v) is 2.69. The summed E-state index contributed by atoms with van der Waals surface area (Å²) in [5, 5.41) is 14.0. The lowest BCUT2D eigenvalue weighted by Crippen LogP contribution is -2.21. The molecule has 2 rings (SSSR count). The van der Waals surface area contributed by atoms with Gasteiger partial charge in [-0.1, -0.05) is 30.3 Å². The van der Waals surface area contributed by atoms with Crippen molar-refractivity contribution in [3.8, 4) is 11.1 Å². The van der Waals surface area contributed by atoms with E-state index in [0.717, 1.165) is 12.1 Å². The molecule has 0 aliphatic rings. The first-order valence-corrected chi connectivity index (χ1v) is 5.85. The summed E-state index contributed by atoms with van der Waals surface area (Å²) in [6.07, 6.45) is 4.57. The molecule has 0 amide bonds. The van der Waals surface area contributed by atoms with Gasteiger partial charge in [0.05, 0.1) is 11.8 Å². The Hall–Kier alpha value is -1.61. The van der Waals surface area contributed by atoms with Crippen molar-refractivity contribution in [2.75, 3.05) is 0 Å². The molecule has 2 aromatic rings. The topological polar surface area (TPSA) is 38.0 Å². The largest absolute Gasteiger partial charge is 0.390 e. The van der Waals surface area contributed by atoms with E-state index in [1.54, 1.807) is 0 Å². The summed E-state index contributed by atoms with van der Waals surface area (Å²) in [5.41, 5.74) is 1.64. The van der Waals surface area contributed by atoms with Crippen molar-refractivity contribution in [2.24, 2.45) is 0 Å². The van der Waals surface area contributed by atoms with Gasteiger partial charge in [-0.2, -0.15) is 5.10 Å². The molecule has 1 heterocycles. The predicted molar refractivity (Wildman–Crippen MR) is 68.6 cm³/mol. The SMILES string of the molecule is CC(C)(O)CCn1cc(-c2ccccc2)cn1. The molecule has 90 valence electrons. The molecule has 3 nitrogen and oxygen atoms in total. The summed E-state index contributed by atoms with van der Waals surface area (Å²) < 4.78 is 1.88. The summed E-state index contributed by atoms with van der Waals surface area (Å²) in [4.78, 5) is 0.